The fraction of sp³-hybridized carbons (Fsp3) is 0.250. The molecular weight excluding hydrogens is 286 g/mol. The third-order valence-electron chi connectivity index (χ3n) is 4.29. The van der Waals surface area contributed by atoms with Crippen LogP contribution in [0, 0.1) is 0 Å². The Kier molecular flexibility index (Phi) is 4.47. The van der Waals surface area contributed by atoms with Gasteiger partial charge in [-0.1, -0.05) is 42.0 Å². The minimum atomic E-state index is -0.0117. The maximum Gasteiger partial charge on any atom is 0.254 e. The largest absolute Gasteiger partial charge is 0.497 e. The van der Waals surface area contributed by atoms with Crippen LogP contribution in [-0.4, -0.2) is 24.5 Å². The van der Waals surface area contributed by atoms with Gasteiger partial charge >= 0.3 is 0 Å². The molecule has 0 saturated heterocycles. The van der Waals surface area contributed by atoms with Crippen LogP contribution in [0.5, 0.6) is 5.75 Å². The van der Waals surface area contributed by atoms with Gasteiger partial charge in [-0.3, -0.25) is 4.79 Å². The van der Waals surface area contributed by atoms with Gasteiger partial charge in [0.15, 0.2) is 0 Å². The number of ether oxygens (including phenoxy) is 1. The van der Waals surface area contributed by atoms with Gasteiger partial charge in [-0.25, -0.2) is 0 Å². The highest BCUT2D eigenvalue weighted by atomic mass is 16.5. The molecule has 23 heavy (non-hydrogen) atoms. The van der Waals surface area contributed by atoms with Crippen molar-refractivity contribution in [1.82, 2.24) is 4.90 Å². The number of rotatable bonds is 3. The van der Waals surface area contributed by atoms with E-state index in [1.807, 2.05) is 59.5 Å². The van der Waals surface area contributed by atoms with Crippen LogP contribution < -0.4 is 4.74 Å². The Balaban J connectivity index is 1.94. The van der Waals surface area contributed by atoms with E-state index in [9.17, 15) is 4.79 Å². The highest BCUT2D eigenvalue weighted by Crippen LogP contribution is 2.34. The third kappa shape index (κ3) is 3.14. The van der Waals surface area contributed by atoms with E-state index in [-0.39, 0.29) is 11.9 Å². The first-order valence-electron chi connectivity index (χ1n) is 7.87. The molecule has 0 bridgehead atoms. The van der Waals surface area contributed by atoms with Crippen LogP contribution in [0.15, 0.2) is 66.2 Å². The van der Waals surface area contributed by atoms with Crippen molar-refractivity contribution in [1.29, 1.82) is 0 Å². The van der Waals surface area contributed by atoms with Gasteiger partial charge in [0.05, 0.1) is 13.2 Å². The SMILES string of the molecule is COc1ccc(C2C(C)=CCCN2C(=O)c2ccccc2)cc1. The summed E-state index contributed by atoms with van der Waals surface area (Å²) in [6.45, 7) is 2.83. The van der Waals surface area contributed by atoms with E-state index in [2.05, 4.69) is 13.0 Å². The number of hydrogen-bond donors (Lipinski definition) is 0. The number of methoxy groups -OCH3 is 1. The molecule has 0 fully saturated rings. The van der Waals surface area contributed by atoms with Crippen LogP contribution in [0.3, 0.4) is 0 Å². The van der Waals surface area contributed by atoms with E-state index in [0.29, 0.717) is 0 Å². The minimum Gasteiger partial charge on any atom is -0.497 e. The Morgan fingerprint density at radius 1 is 1.09 bits per heavy atom. The Morgan fingerprint density at radius 2 is 1.78 bits per heavy atom. The van der Waals surface area contributed by atoms with Crippen LogP contribution in [0.1, 0.15) is 35.3 Å². The quantitative estimate of drug-likeness (QED) is 0.794. The molecule has 0 N–H and O–H groups in total. The molecule has 3 heteroatoms. The van der Waals surface area contributed by atoms with E-state index < -0.39 is 0 Å². The average Bonchev–Trinajstić information content (AvgIpc) is 2.62. The molecule has 0 aliphatic carbocycles. The molecule has 3 nitrogen and oxygen atoms in total. The number of amides is 1. The minimum absolute atomic E-state index is 0.0117. The van der Waals surface area contributed by atoms with Gasteiger partial charge in [0.2, 0.25) is 0 Å². The lowest BCUT2D eigenvalue weighted by Gasteiger charge is -2.36. The van der Waals surface area contributed by atoms with E-state index in [4.69, 9.17) is 4.74 Å². The number of hydrogen-bond acceptors (Lipinski definition) is 2. The van der Waals surface area contributed by atoms with Crippen molar-refractivity contribution in [2.45, 2.75) is 19.4 Å². The van der Waals surface area contributed by atoms with Gasteiger partial charge < -0.3 is 9.64 Å². The van der Waals surface area contributed by atoms with Gasteiger partial charge in [-0.2, -0.15) is 0 Å². The summed E-state index contributed by atoms with van der Waals surface area (Å²) in [6.07, 6.45) is 3.13. The van der Waals surface area contributed by atoms with E-state index in [1.54, 1.807) is 7.11 Å². The van der Waals surface area contributed by atoms with E-state index in [0.717, 1.165) is 29.8 Å². The van der Waals surface area contributed by atoms with Gasteiger partial charge in [-0.15, -0.1) is 0 Å². The Labute approximate surface area is 137 Å². The fourth-order valence-corrected chi connectivity index (χ4v) is 3.11. The van der Waals surface area contributed by atoms with Crippen molar-refractivity contribution in [3.05, 3.63) is 77.4 Å². The summed E-state index contributed by atoms with van der Waals surface area (Å²) in [5.41, 5.74) is 3.06. The molecular formula is C20H21NO2. The smallest absolute Gasteiger partial charge is 0.254 e. The molecule has 1 unspecified atom stereocenters. The van der Waals surface area contributed by atoms with Gasteiger partial charge in [0, 0.05) is 12.1 Å². The predicted octanol–water partition coefficient (Wildman–Crippen LogP) is 4.23. The summed E-state index contributed by atoms with van der Waals surface area (Å²) in [4.78, 5) is 14.9. The average molecular weight is 307 g/mol. The first-order chi connectivity index (χ1) is 11.2. The Hall–Kier alpha value is -2.55. The second-order valence-electron chi connectivity index (χ2n) is 5.78. The Morgan fingerprint density at radius 3 is 2.43 bits per heavy atom. The normalized spacial score (nSPS) is 17.6. The van der Waals surface area contributed by atoms with Crippen molar-refractivity contribution in [3.63, 3.8) is 0 Å². The second kappa shape index (κ2) is 6.69. The first-order valence-corrected chi connectivity index (χ1v) is 7.87. The van der Waals surface area contributed by atoms with Crippen molar-refractivity contribution in [3.8, 4) is 5.75 Å². The van der Waals surface area contributed by atoms with E-state index >= 15 is 0 Å². The number of nitrogens with zero attached hydrogens (tertiary/aromatic N) is 1. The maximum absolute atomic E-state index is 12.9. The fourth-order valence-electron chi connectivity index (χ4n) is 3.11. The van der Waals surface area contributed by atoms with Gasteiger partial charge in [0.25, 0.3) is 5.91 Å². The van der Waals surface area contributed by atoms with Crippen molar-refractivity contribution >= 4 is 5.91 Å². The van der Waals surface area contributed by atoms with Crippen LogP contribution in [0.2, 0.25) is 0 Å². The van der Waals surface area contributed by atoms with Crippen LogP contribution in [-0.2, 0) is 0 Å². The molecule has 0 radical (unpaired) electrons. The van der Waals surface area contributed by atoms with Crippen molar-refractivity contribution in [2.24, 2.45) is 0 Å². The zero-order valence-corrected chi connectivity index (χ0v) is 13.5. The molecule has 0 aromatic heterocycles. The van der Waals surface area contributed by atoms with Gasteiger partial charge in [0.1, 0.15) is 5.75 Å². The zero-order valence-electron chi connectivity index (χ0n) is 13.5. The lowest BCUT2D eigenvalue weighted by molar-refractivity contribution is 0.0695. The summed E-state index contributed by atoms with van der Waals surface area (Å²) in [7, 11) is 1.66. The maximum atomic E-state index is 12.9. The lowest BCUT2D eigenvalue weighted by Crippen LogP contribution is -2.38. The molecule has 3 rings (SSSR count). The monoisotopic (exact) mass is 307 g/mol. The van der Waals surface area contributed by atoms with Gasteiger partial charge in [-0.05, 0) is 43.2 Å². The molecule has 1 heterocycles. The summed E-state index contributed by atoms with van der Waals surface area (Å²) in [5, 5.41) is 0. The summed E-state index contributed by atoms with van der Waals surface area (Å²) in [5.74, 6) is 0.908. The van der Waals surface area contributed by atoms with Crippen LogP contribution >= 0.6 is 0 Å². The summed E-state index contributed by atoms with van der Waals surface area (Å²) in [6, 6.07) is 17.5. The topological polar surface area (TPSA) is 29.5 Å². The second-order valence-corrected chi connectivity index (χ2v) is 5.78. The molecule has 0 saturated carbocycles. The molecule has 1 aliphatic heterocycles. The Bertz CT molecular complexity index is 704. The molecule has 1 amide bonds. The summed E-state index contributed by atoms with van der Waals surface area (Å²) >= 11 is 0. The number of benzene rings is 2. The number of carbonyl (C=O) groups excluding carboxylic acids is 1. The summed E-state index contributed by atoms with van der Waals surface area (Å²) < 4.78 is 5.23. The third-order valence-corrected chi connectivity index (χ3v) is 4.29. The zero-order chi connectivity index (χ0) is 16.2. The molecule has 0 spiro atoms. The predicted molar refractivity (Wildman–Crippen MR) is 91.6 cm³/mol. The molecule has 2 aromatic rings. The highest BCUT2D eigenvalue weighted by Gasteiger charge is 2.29. The molecule has 2 aromatic carbocycles. The first kappa shape index (κ1) is 15.3. The highest BCUT2D eigenvalue weighted by molar-refractivity contribution is 5.94. The van der Waals surface area contributed by atoms with Crippen molar-refractivity contribution < 1.29 is 9.53 Å². The molecule has 1 aliphatic rings. The standard InChI is InChI=1S/C20H21NO2/c1-15-7-6-14-21(20(22)17-8-4-3-5-9-17)19(15)16-10-12-18(23-2)13-11-16/h3-5,7-13,19H,6,14H2,1-2H3. The van der Waals surface area contributed by atoms with Crippen LogP contribution in [0.4, 0.5) is 0 Å². The van der Waals surface area contributed by atoms with Crippen molar-refractivity contribution in [2.75, 3.05) is 13.7 Å². The molecule has 1 atom stereocenters. The lowest BCUT2D eigenvalue weighted by atomic mass is 9.93. The number of carbonyl (C=O) groups is 1. The molecule has 118 valence electrons. The van der Waals surface area contributed by atoms with Crippen LogP contribution in [0.25, 0.3) is 0 Å². The van der Waals surface area contributed by atoms with E-state index in [1.165, 1.54) is 5.57 Å².